The molecule has 3 aliphatic heterocycles. The first-order valence-electron chi connectivity index (χ1n) is 12.7. The van der Waals surface area contributed by atoms with Gasteiger partial charge in [-0.05, 0) is 76.1 Å². The standard InChI is InChI=1S/C31H35NO3/c1-17-21-13-19(34-6)15-25-27(21)32-28-22(17)14-20(35-7)16-26(28)31(4,5)24-12-18(9-8-10-33)11-23(29(24)32)30(25,2)3/h11-17,33H,8-10H2,1-7H3. The summed E-state index contributed by atoms with van der Waals surface area (Å²) in [4.78, 5) is 2.55. The minimum absolute atomic E-state index is 0.189. The summed E-state index contributed by atoms with van der Waals surface area (Å²) in [5.74, 6) is 2.03. The number of rotatable bonds is 5. The molecule has 3 aliphatic rings. The summed E-state index contributed by atoms with van der Waals surface area (Å²) in [6.07, 6.45) is 1.63. The van der Waals surface area contributed by atoms with Gasteiger partial charge < -0.3 is 19.5 Å². The maximum absolute atomic E-state index is 9.55. The minimum Gasteiger partial charge on any atom is -0.497 e. The Morgan fingerprint density at radius 2 is 1.20 bits per heavy atom. The van der Waals surface area contributed by atoms with Crippen LogP contribution in [0.5, 0.6) is 11.5 Å². The van der Waals surface area contributed by atoms with Crippen LogP contribution in [-0.4, -0.2) is 25.9 Å². The molecule has 4 heteroatoms. The van der Waals surface area contributed by atoms with Crippen molar-refractivity contribution in [3.8, 4) is 11.5 Å². The zero-order valence-corrected chi connectivity index (χ0v) is 21.9. The Morgan fingerprint density at radius 3 is 1.63 bits per heavy atom. The molecule has 3 aromatic carbocycles. The van der Waals surface area contributed by atoms with E-state index in [2.05, 4.69) is 75.9 Å². The fourth-order valence-corrected chi connectivity index (χ4v) is 6.72. The second-order valence-corrected chi connectivity index (χ2v) is 11.4. The van der Waals surface area contributed by atoms with Crippen LogP contribution in [0.1, 0.15) is 85.9 Å². The fourth-order valence-electron chi connectivity index (χ4n) is 6.72. The normalized spacial score (nSPS) is 17.8. The molecule has 6 rings (SSSR count). The van der Waals surface area contributed by atoms with Gasteiger partial charge in [0.2, 0.25) is 0 Å². The molecule has 0 fully saturated rings. The third kappa shape index (κ3) is 2.78. The molecule has 0 saturated carbocycles. The van der Waals surface area contributed by atoms with Gasteiger partial charge in [-0.3, -0.25) is 0 Å². The number of hydrogen-bond donors (Lipinski definition) is 1. The molecule has 0 aliphatic carbocycles. The molecule has 0 saturated heterocycles. The van der Waals surface area contributed by atoms with E-state index >= 15 is 0 Å². The summed E-state index contributed by atoms with van der Waals surface area (Å²) in [5.41, 5.74) is 12.8. The van der Waals surface area contributed by atoms with Gasteiger partial charge in [-0.1, -0.05) is 46.8 Å². The van der Waals surface area contributed by atoms with Gasteiger partial charge in [0.1, 0.15) is 11.5 Å². The second-order valence-electron chi connectivity index (χ2n) is 11.4. The monoisotopic (exact) mass is 469 g/mol. The van der Waals surface area contributed by atoms with Crippen molar-refractivity contribution in [2.24, 2.45) is 0 Å². The van der Waals surface area contributed by atoms with E-state index in [0.29, 0.717) is 0 Å². The van der Waals surface area contributed by atoms with Crippen molar-refractivity contribution in [1.29, 1.82) is 0 Å². The highest BCUT2D eigenvalue weighted by Gasteiger charge is 2.50. The third-order valence-corrected chi connectivity index (χ3v) is 8.79. The maximum atomic E-state index is 9.55. The van der Waals surface area contributed by atoms with Crippen LogP contribution in [0.2, 0.25) is 0 Å². The Bertz CT molecular complexity index is 1290. The summed E-state index contributed by atoms with van der Waals surface area (Å²) in [6, 6.07) is 13.7. The van der Waals surface area contributed by atoms with Gasteiger partial charge in [-0.25, -0.2) is 0 Å². The molecule has 0 radical (unpaired) electrons. The molecule has 3 aromatic rings. The van der Waals surface area contributed by atoms with Gasteiger partial charge in [-0.15, -0.1) is 0 Å². The van der Waals surface area contributed by atoms with Gasteiger partial charge in [0.15, 0.2) is 0 Å². The van der Waals surface area contributed by atoms with Gasteiger partial charge in [0.05, 0.1) is 31.3 Å². The minimum atomic E-state index is -0.189. The first kappa shape index (κ1) is 22.5. The Labute approximate surface area is 208 Å². The quantitative estimate of drug-likeness (QED) is 0.444. The van der Waals surface area contributed by atoms with E-state index in [4.69, 9.17) is 9.47 Å². The Kier molecular flexibility index (Phi) is 4.67. The lowest BCUT2D eigenvalue weighted by Crippen LogP contribution is -2.41. The first-order chi connectivity index (χ1) is 16.6. The number of hydrogen-bond acceptors (Lipinski definition) is 4. The summed E-state index contributed by atoms with van der Waals surface area (Å²) in [7, 11) is 3.52. The number of benzene rings is 3. The van der Waals surface area contributed by atoms with Crippen molar-refractivity contribution < 1.29 is 14.6 Å². The molecule has 0 atom stereocenters. The molecule has 182 valence electrons. The number of methoxy groups -OCH3 is 2. The lowest BCUT2D eigenvalue weighted by atomic mass is 9.62. The summed E-state index contributed by atoms with van der Waals surface area (Å²) in [5, 5.41) is 9.55. The van der Waals surface area contributed by atoms with Crippen molar-refractivity contribution in [2.75, 3.05) is 25.7 Å². The van der Waals surface area contributed by atoms with E-state index in [-0.39, 0.29) is 23.4 Å². The molecule has 0 spiro atoms. The smallest absolute Gasteiger partial charge is 0.119 e. The van der Waals surface area contributed by atoms with E-state index in [0.717, 1.165) is 24.3 Å². The zero-order chi connectivity index (χ0) is 24.9. The molecule has 0 unspecified atom stereocenters. The molecule has 3 heterocycles. The molecular weight excluding hydrogens is 434 g/mol. The predicted octanol–water partition coefficient (Wildman–Crippen LogP) is 6.84. The fraction of sp³-hybridized carbons (Fsp3) is 0.419. The Balaban J connectivity index is 1.78. The van der Waals surface area contributed by atoms with Crippen molar-refractivity contribution >= 4 is 17.1 Å². The number of nitrogens with zero attached hydrogens (tertiary/aromatic N) is 1. The first-order valence-corrected chi connectivity index (χ1v) is 12.7. The second kappa shape index (κ2) is 7.27. The molecule has 35 heavy (non-hydrogen) atoms. The SMILES string of the molecule is COc1cc2c3c(c1)C(C)(C)c1cc(CCCO)cc4c1N3c1c(cc(OC)cc1C4(C)C)C2C. The van der Waals surface area contributed by atoms with E-state index < -0.39 is 0 Å². The van der Waals surface area contributed by atoms with E-state index in [1.54, 1.807) is 14.2 Å². The molecule has 0 aromatic heterocycles. The van der Waals surface area contributed by atoms with Crippen LogP contribution >= 0.6 is 0 Å². The van der Waals surface area contributed by atoms with E-state index in [1.807, 2.05) is 0 Å². The van der Waals surface area contributed by atoms with Crippen LogP contribution in [0.15, 0.2) is 36.4 Å². The van der Waals surface area contributed by atoms with Crippen molar-refractivity contribution in [2.45, 2.75) is 64.2 Å². The highest BCUT2D eigenvalue weighted by molar-refractivity contribution is 5.98. The van der Waals surface area contributed by atoms with Gasteiger partial charge >= 0.3 is 0 Å². The summed E-state index contributed by atoms with van der Waals surface area (Å²) >= 11 is 0. The third-order valence-electron chi connectivity index (χ3n) is 8.79. The average Bonchev–Trinajstić information content (AvgIpc) is 2.85. The molecule has 0 bridgehead atoms. The maximum Gasteiger partial charge on any atom is 0.119 e. The van der Waals surface area contributed by atoms with Crippen LogP contribution < -0.4 is 14.4 Å². The topological polar surface area (TPSA) is 41.9 Å². The molecule has 4 nitrogen and oxygen atoms in total. The number of aliphatic hydroxyl groups excluding tert-OH is 1. The van der Waals surface area contributed by atoms with Crippen LogP contribution in [-0.2, 0) is 17.3 Å². The van der Waals surface area contributed by atoms with Gasteiger partial charge in [0.25, 0.3) is 0 Å². The summed E-state index contributed by atoms with van der Waals surface area (Å²) in [6.45, 7) is 11.9. The Morgan fingerprint density at radius 1 is 0.743 bits per heavy atom. The van der Waals surface area contributed by atoms with Crippen LogP contribution in [0.25, 0.3) is 0 Å². The van der Waals surface area contributed by atoms with Gasteiger partial charge in [-0.2, -0.15) is 0 Å². The molecule has 0 amide bonds. The Hall–Kier alpha value is -2.98. The van der Waals surface area contributed by atoms with E-state index in [1.165, 1.54) is 56.0 Å². The van der Waals surface area contributed by atoms with Crippen molar-refractivity contribution in [3.05, 3.63) is 75.3 Å². The highest BCUT2D eigenvalue weighted by Crippen LogP contribution is 2.66. The van der Waals surface area contributed by atoms with Crippen LogP contribution in [0, 0.1) is 0 Å². The van der Waals surface area contributed by atoms with E-state index in [9.17, 15) is 5.11 Å². The lowest BCUT2D eigenvalue weighted by molar-refractivity contribution is 0.288. The van der Waals surface area contributed by atoms with Gasteiger partial charge in [0, 0.05) is 23.4 Å². The number of aliphatic hydroxyl groups is 1. The molecule has 1 N–H and O–H groups in total. The number of aryl methyl sites for hydroxylation is 1. The van der Waals surface area contributed by atoms with Crippen LogP contribution in [0.3, 0.4) is 0 Å². The zero-order valence-electron chi connectivity index (χ0n) is 21.9. The van der Waals surface area contributed by atoms with Crippen molar-refractivity contribution in [1.82, 2.24) is 0 Å². The number of anilines is 3. The highest BCUT2D eigenvalue weighted by atomic mass is 16.5. The number of ether oxygens (including phenoxy) is 2. The van der Waals surface area contributed by atoms with Crippen LogP contribution in [0.4, 0.5) is 17.1 Å². The average molecular weight is 470 g/mol. The lowest BCUT2D eigenvalue weighted by Gasteiger charge is -2.53. The molecular formula is C31H35NO3. The predicted molar refractivity (Wildman–Crippen MR) is 141 cm³/mol. The largest absolute Gasteiger partial charge is 0.497 e. The summed E-state index contributed by atoms with van der Waals surface area (Å²) < 4.78 is 11.6. The van der Waals surface area contributed by atoms with Crippen molar-refractivity contribution in [3.63, 3.8) is 0 Å².